The topological polar surface area (TPSA) is 52.2 Å². The molecule has 1 unspecified atom stereocenters. The maximum absolute atomic E-state index is 6.31. The Morgan fingerprint density at radius 1 is 0.917 bits per heavy atom. The minimum Gasteiger partial charge on any atom is -0.497 e. The summed E-state index contributed by atoms with van der Waals surface area (Å²) in [6.07, 6.45) is 0.833. The Hall–Kier alpha value is -3.45. The van der Waals surface area contributed by atoms with Gasteiger partial charge in [-0.25, -0.2) is 0 Å². The van der Waals surface area contributed by atoms with Crippen LogP contribution in [0.1, 0.15) is 42.5 Å². The Bertz CT molecular complexity index is 1180. The van der Waals surface area contributed by atoms with Crippen LogP contribution in [-0.2, 0) is 6.42 Å². The zero-order valence-electron chi connectivity index (χ0n) is 21.5. The molecule has 1 heterocycles. The summed E-state index contributed by atoms with van der Waals surface area (Å²) in [5.41, 5.74) is 4.52. The summed E-state index contributed by atoms with van der Waals surface area (Å²) in [6, 6.07) is 20.1. The second kappa shape index (κ2) is 11.5. The van der Waals surface area contributed by atoms with Crippen LogP contribution in [0, 0.1) is 0 Å². The van der Waals surface area contributed by atoms with Crippen LogP contribution in [0.4, 0.5) is 5.69 Å². The Morgan fingerprint density at radius 3 is 2.17 bits per heavy atom. The van der Waals surface area contributed by atoms with Crippen molar-refractivity contribution in [3.63, 3.8) is 0 Å². The number of nitrogens with zero attached hydrogens (tertiary/aromatic N) is 1. The lowest BCUT2D eigenvalue weighted by Crippen LogP contribution is -2.44. The molecular weight excluding hydrogens is 472 g/mol. The third-order valence-corrected chi connectivity index (χ3v) is 6.90. The number of nitrogens with one attached hydrogen (secondary N) is 1. The monoisotopic (exact) mass is 506 g/mol. The number of rotatable bonds is 8. The molecule has 0 amide bonds. The first-order valence-electron chi connectivity index (χ1n) is 12.1. The van der Waals surface area contributed by atoms with Crippen LogP contribution < -0.4 is 24.3 Å². The molecule has 3 aromatic rings. The smallest absolute Gasteiger partial charge is 0.174 e. The van der Waals surface area contributed by atoms with E-state index < -0.39 is 0 Å². The predicted octanol–water partition coefficient (Wildman–Crippen LogP) is 6.21. The van der Waals surface area contributed by atoms with E-state index >= 15 is 0 Å². The molecule has 36 heavy (non-hydrogen) atoms. The quantitative estimate of drug-likeness (QED) is 0.365. The van der Waals surface area contributed by atoms with Gasteiger partial charge in [0.25, 0.3) is 0 Å². The fraction of sp³-hybridized carbons (Fsp3) is 0.345. The highest BCUT2D eigenvalue weighted by atomic mass is 32.1. The molecule has 4 rings (SSSR count). The van der Waals surface area contributed by atoms with Gasteiger partial charge in [-0.05, 0) is 89.8 Å². The first-order chi connectivity index (χ1) is 17.4. The Morgan fingerprint density at radius 2 is 1.56 bits per heavy atom. The number of methoxy groups -OCH3 is 3. The number of anilines is 1. The van der Waals surface area contributed by atoms with Crippen molar-refractivity contribution in [3.05, 3.63) is 77.4 Å². The van der Waals surface area contributed by atoms with Crippen LogP contribution in [0.2, 0.25) is 0 Å². The second-order valence-electron chi connectivity index (χ2n) is 9.06. The highest BCUT2D eigenvalue weighted by Gasteiger charge is 2.31. The molecule has 3 aromatic carbocycles. The van der Waals surface area contributed by atoms with E-state index in [1.54, 1.807) is 21.3 Å². The van der Waals surface area contributed by atoms with Gasteiger partial charge in [0.1, 0.15) is 18.1 Å². The van der Waals surface area contributed by atoms with Crippen LogP contribution in [0.5, 0.6) is 23.0 Å². The van der Waals surface area contributed by atoms with Crippen molar-refractivity contribution in [2.75, 3.05) is 39.8 Å². The van der Waals surface area contributed by atoms with Crippen molar-refractivity contribution >= 4 is 23.0 Å². The molecule has 0 spiro atoms. The van der Waals surface area contributed by atoms with E-state index in [9.17, 15) is 0 Å². The standard InChI is InChI=1S/C29H34N2O4S/c1-19(2)20-6-10-24(11-7-20)35-18-26-25-17-28(34-5)27(33-4)16-21(25)14-15-31(26)29(36)30-22-8-12-23(32-3)13-9-22/h6-13,16-17,19,26H,14-15,18H2,1-5H3,(H,30,36). The molecule has 0 saturated heterocycles. The third kappa shape index (κ3) is 5.68. The molecule has 0 fully saturated rings. The van der Waals surface area contributed by atoms with Crippen molar-refractivity contribution in [2.24, 2.45) is 0 Å². The van der Waals surface area contributed by atoms with E-state index in [0.717, 1.165) is 41.5 Å². The van der Waals surface area contributed by atoms with E-state index in [1.807, 2.05) is 42.5 Å². The van der Waals surface area contributed by atoms with E-state index in [1.165, 1.54) is 11.1 Å². The van der Waals surface area contributed by atoms with Gasteiger partial charge in [-0.3, -0.25) is 0 Å². The SMILES string of the molecule is COc1ccc(NC(=S)N2CCc3cc(OC)c(OC)cc3C2COc2ccc(C(C)C)cc2)cc1. The number of fused-ring (bicyclic) bond motifs is 1. The minimum atomic E-state index is -0.100. The molecule has 7 heteroatoms. The molecule has 0 saturated carbocycles. The lowest BCUT2D eigenvalue weighted by molar-refractivity contribution is 0.190. The van der Waals surface area contributed by atoms with Crippen molar-refractivity contribution in [2.45, 2.75) is 32.2 Å². The van der Waals surface area contributed by atoms with E-state index in [2.05, 4.69) is 42.3 Å². The van der Waals surface area contributed by atoms with Crippen molar-refractivity contribution in [1.82, 2.24) is 4.90 Å². The number of ether oxygens (including phenoxy) is 4. The van der Waals surface area contributed by atoms with Crippen LogP contribution in [0.15, 0.2) is 60.7 Å². The molecule has 1 N–H and O–H groups in total. The molecule has 0 aromatic heterocycles. The molecule has 1 aliphatic rings. The summed E-state index contributed by atoms with van der Waals surface area (Å²) in [7, 11) is 4.97. The van der Waals surface area contributed by atoms with Crippen LogP contribution in [0.25, 0.3) is 0 Å². The average Bonchev–Trinajstić information content (AvgIpc) is 2.91. The van der Waals surface area contributed by atoms with Crippen molar-refractivity contribution in [3.8, 4) is 23.0 Å². The van der Waals surface area contributed by atoms with Gasteiger partial charge < -0.3 is 29.2 Å². The van der Waals surface area contributed by atoms with Gasteiger partial charge in [0, 0.05) is 12.2 Å². The first-order valence-corrected chi connectivity index (χ1v) is 12.5. The first kappa shape index (κ1) is 25.6. The van der Waals surface area contributed by atoms with Crippen LogP contribution in [0.3, 0.4) is 0 Å². The minimum absolute atomic E-state index is 0.100. The molecule has 0 radical (unpaired) electrons. The normalized spacial score (nSPS) is 14.7. The Kier molecular flexibility index (Phi) is 8.21. The second-order valence-corrected chi connectivity index (χ2v) is 9.45. The van der Waals surface area contributed by atoms with Gasteiger partial charge >= 0.3 is 0 Å². The van der Waals surface area contributed by atoms with Gasteiger partial charge in [0.2, 0.25) is 0 Å². The van der Waals surface area contributed by atoms with E-state index in [0.29, 0.717) is 23.4 Å². The van der Waals surface area contributed by atoms with Gasteiger partial charge in [-0.15, -0.1) is 0 Å². The van der Waals surface area contributed by atoms with Gasteiger partial charge in [-0.1, -0.05) is 26.0 Å². The maximum Gasteiger partial charge on any atom is 0.174 e. The molecule has 1 aliphatic heterocycles. The van der Waals surface area contributed by atoms with Crippen LogP contribution in [-0.4, -0.2) is 44.5 Å². The summed E-state index contributed by atoms with van der Waals surface area (Å²) in [4.78, 5) is 2.19. The van der Waals surface area contributed by atoms with Crippen LogP contribution >= 0.6 is 12.2 Å². The van der Waals surface area contributed by atoms with E-state index in [4.69, 9.17) is 31.2 Å². The molecule has 6 nitrogen and oxygen atoms in total. The van der Waals surface area contributed by atoms with Crippen molar-refractivity contribution < 1.29 is 18.9 Å². The van der Waals surface area contributed by atoms with Gasteiger partial charge in [0.15, 0.2) is 16.6 Å². The molecule has 190 valence electrons. The summed E-state index contributed by atoms with van der Waals surface area (Å²) >= 11 is 5.88. The third-order valence-electron chi connectivity index (χ3n) is 6.56. The molecule has 1 atom stereocenters. The summed E-state index contributed by atoms with van der Waals surface area (Å²) in [5.74, 6) is 3.53. The zero-order chi connectivity index (χ0) is 25.7. The lowest BCUT2D eigenvalue weighted by Gasteiger charge is -2.39. The number of thiocarbonyl (C=S) groups is 1. The molecular formula is C29H34N2O4S. The summed E-state index contributed by atoms with van der Waals surface area (Å²) < 4.78 is 22.8. The Balaban J connectivity index is 1.61. The maximum atomic E-state index is 6.31. The average molecular weight is 507 g/mol. The molecule has 0 bridgehead atoms. The predicted molar refractivity (Wildman–Crippen MR) is 148 cm³/mol. The van der Waals surface area contributed by atoms with Gasteiger partial charge in [0.05, 0.1) is 27.4 Å². The van der Waals surface area contributed by atoms with Crippen molar-refractivity contribution in [1.29, 1.82) is 0 Å². The lowest BCUT2D eigenvalue weighted by atomic mass is 9.92. The fourth-order valence-electron chi connectivity index (χ4n) is 4.44. The largest absolute Gasteiger partial charge is 0.497 e. The van der Waals surface area contributed by atoms with E-state index in [-0.39, 0.29) is 6.04 Å². The highest BCUT2D eigenvalue weighted by Crippen LogP contribution is 2.39. The van der Waals surface area contributed by atoms with Gasteiger partial charge in [-0.2, -0.15) is 0 Å². The fourth-order valence-corrected chi connectivity index (χ4v) is 4.78. The highest BCUT2D eigenvalue weighted by molar-refractivity contribution is 7.80. The number of benzene rings is 3. The zero-order valence-corrected chi connectivity index (χ0v) is 22.4. The number of hydrogen-bond acceptors (Lipinski definition) is 5. The number of hydrogen-bond donors (Lipinski definition) is 1. The summed E-state index contributed by atoms with van der Waals surface area (Å²) in [5, 5.41) is 4.03. The summed E-state index contributed by atoms with van der Waals surface area (Å²) in [6.45, 7) is 5.56. The molecule has 0 aliphatic carbocycles. The Labute approximate surface area is 219 Å².